The van der Waals surface area contributed by atoms with Crippen LogP contribution in [0.3, 0.4) is 0 Å². The van der Waals surface area contributed by atoms with Crippen molar-refractivity contribution in [3.63, 3.8) is 0 Å². The van der Waals surface area contributed by atoms with E-state index in [-0.39, 0.29) is 6.10 Å². The second-order valence-electron chi connectivity index (χ2n) is 7.63. The predicted molar refractivity (Wildman–Crippen MR) is 114 cm³/mol. The molecule has 2 N–H and O–H groups in total. The highest BCUT2D eigenvalue weighted by Gasteiger charge is 2.19. The van der Waals surface area contributed by atoms with Crippen molar-refractivity contribution in [3.05, 3.63) is 29.3 Å². The molecule has 0 amide bonds. The van der Waals surface area contributed by atoms with Crippen molar-refractivity contribution < 1.29 is 18.9 Å². The van der Waals surface area contributed by atoms with E-state index in [9.17, 15) is 0 Å². The second kappa shape index (κ2) is 12.0. The summed E-state index contributed by atoms with van der Waals surface area (Å²) in [4.78, 5) is 4.31. The van der Waals surface area contributed by atoms with Gasteiger partial charge in [0.2, 0.25) is 0 Å². The van der Waals surface area contributed by atoms with Crippen molar-refractivity contribution in [2.24, 2.45) is 4.99 Å². The van der Waals surface area contributed by atoms with Crippen molar-refractivity contribution in [2.45, 2.75) is 51.4 Å². The van der Waals surface area contributed by atoms with Crippen molar-refractivity contribution >= 4 is 5.96 Å². The minimum Gasteiger partial charge on any atom is -0.488 e. The summed E-state index contributed by atoms with van der Waals surface area (Å²) in [5.41, 5.74) is 2.30. The molecule has 0 aromatic heterocycles. The molecule has 2 aliphatic heterocycles. The lowest BCUT2D eigenvalue weighted by atomic mass is 10.1. The van der Waals surface area contributed by atoms with Gasteiger partial charge in [0, 0.05) is 45.3 Å². The molecule has 2 fully saturated rings. The molecule has 7 nitrogen and oxygen atoms in total. The van der Waals surface area contributed by atoms with Gasteiger partial charge in [-0.1, -0.05) is 12.1 Å². The molecule has 1 aromatic rings. The maximum Gasteiger partial charge on any atom is 0.191 e. The Bertz CT molecular complexity index is 641. The third kappa shape index (κ3) is 7.49. The molecular formula is C22H35N3O4. The molecular weight excluding hydrogens is 370 g/mol. The molecule has 2 atom stereocenters. The first kappa shape index (κ1) is 21.9. The second-order valence-corrected chi connectivity index (χ2v) is 7.63. The van der Waals surface area contributed by atoms with Gasteiger partial charge in [-0.15, -0.1) is 0 Å². The van der Waals surface area contributed by atoms with Gasteiger partial charge in [0.05, 0.1) is 25.9 Å². The van der Waals surface area contributed by atoms with Crippen LogP contribution in [0.5, 0.6) is 5.75 Å². The Balaban J connectivity index is 1.37. The van der Waals surface area contributed by atoms with Gasteiger partial charge >= 0.3 is 0 Å². The lowest BCUT2D eigenvalue weighted by Gasteiger charge is -2.18. The number of nitrogens with zero attached hydrogens (tertiary/aromatic N) is 1. The van der Waals surface area contributed by atoms with Crippen LogP contribution in [0.1, 0.15) is 36.8 Å². The van der Waals surface area contributed by atoms with Crippen LogP contribution >= 0.6 is 0 Å². The number of aliphatic imine (C=N–C) groups is 1. The zero-order valence-electron chi connectivity index (χ0n) is 17.7. The fraction of sp³-hybridized carbons (Fsp3) is 0.682. The van der Waals surface area contributed by atoms with E-state index < -0.39 is 0 Å². The molecule has 0 saturated carbocycles. The molecule has 0 bridgehead atoms. The summed E-state index contributed by atoms with van der Waals surface area (Å²) in [7, 11) is 1.78. The summed E-state index contributed by atoms with van der Waals surface area (Å²) in [6, 6.07) is 6.31. The average Bonchev–Trinajstić information content (AvgIpc) is 3.42. The predicted octanol–water partition coefficient (Wildman–Crippen LogP) is 2.41. The number of hydrogen-bond donors (Lipinski definition) is 2. The van der Waals surface area contributed by atoms with Crippen LogP contribution in [0.4, 0.5) is 0 Å². The van der Waals surface area contributed by atoms with E-state index in [2.05, 4.69) is 40.7 Å². The van der Waals surface area contributed by atoms with Crippen LogP contribution in [-0.2, 0) is 20.8 Å². The van der Waals surface area contributed by atoms with Gasteiger partial charge in [0.25, 0.3) is 0 Å². The van der Waals surface area contributed by atoms with Gasteiger partial charge < -0.3 is 29.6 Å². The lowest BCUT2D eigenvalue weighted by Crippen LogP contribution is -2.37. The number of nitrogens with one attached hydrogen (secondary N) is 2. The minimum absolute atomic E-state index is 0.141. The van der Waals surface area contributed by atoms with Crippen LogP contribution in [0.25, 0.3) is 0 Å². The van der Waals surface area contributed by atoms with Crippen LogP contribution in [0, 0.1) is 6.92 Å². The lowest BCUT2D eigenvalue weighted by molar-refractivity contribution is 0.0168. The first-order chi connectivity index (χ1) is 14.2. The molecule has 2 unspecified atom stereocenters. The third-order valence-corrected chi connectivity index (χ3v) is 5.16. The van der Waals surface area contributed by atoms with Crippen LogP contribution < -0.4 is 15.4 Å². The van der Waals surface area contributed by atoms with E-state index in [1.165, 1.54) is 5.56 Å². The summed E-state index contributed by atoms with van der Waals surface area (Å²) in [6.45, 7) is 7.28. The Morgan fingerprint density at radius 1 is 1.24 bits per heavy atom. The third-order valence-electron chi connectivity index (χ3n) is 5.16. The Hall–Kier alpha value is -1.83. The maximum absolute atomic E-state index is 6.17. The van der Waals surface area contributed by atoms with E-state index in [1.54, 1.807) is 7.05 Å². The summed E-state index contributed by atoms with van der Waals surface area (Å²) in [6.07, 6.45) is 4.57. The van der Waals surface area contributed by atoms with Crippen molar-refractivity contribution in [1.82, 2.24) is 10.6 Å². The van der Waals surface area contributed by atoms with E-state index in [1.807, 2.05) is 0 Å². The fourth-order valence-electron chi connectivity index (χ4n) is 3.47. The van der Waals surface area contributed by atoms with Gasteiger partial charge in [-0.05, 0) is 37.8 Å². The summed E-state index contributed by atoms with van der Waals surface area (Å²) < 4.78 is 22.9. The van der Waals surface area contributed by atoms with Crippen LogP contribution in [0.15, 0.2) is 23.2 Å². The highest BCUT2D eigenvalue weighted by Crippen LogP contribution is 2.23. The van der Waals surface area contributed by atoms with Gasteiger partial charge in [0.15, 0.2) is 5.96 Å². The molecule has 0 spiro atoms. The molecule has 162 valence electrons. The zero-order chi connectivity index (χ0) is 20.3. The molecule has 3 rings (SSSR count). The van der Waals surface area contributed by atoms with Gasteiger partial charge in [-0.3, -0.25) is 4.99 Å². The van der Waals surface area contributed by atoms with Gasteiger partial charge in [0.1, 0.15) is 11.9 Å². The van der Waals surface area contributed by atoms with E-state index >= 15 is 0 Å². The van der Waals surface area contributed by atoms with Crippen molar-refractivity contribution in [2.75, 3.05) is 46.6 Å². The monoisotopic (exact) mass is 405 g/mol. The smallest absolute Gasteiger partial charge is 0.191 e. The number of rotatable bonds is 10. The Morgan fingerprint density at radius 3 is 2.93 bits per heavy atom. The number of benzene rings is 1. The Morgan fingerprint density at radius 2 is 2.17 bits per heavy atom. The average molecular weight is 406 g/mol. The summed E-state index contributed by atoms with van der Waals surface area (Å²) >= 11 is 0. The standard InChI is InChI=1S/C22H35N3O4/c1-17-6-7-18(21(13-17)29-20-8-12-27-16-20)14-25-22(23-2)24-9-4-10-26-15-19-5-3-11-28-19/h6-7,13,19-20H,3-5,8-12,14-16H2,1-2H3,(H2,23,24,25). The van der Waals surface area contributed by atoms with Gasteiger partial charge in [-0.25, -0.2) is 0 Å². The van der Waals surface area contributed by atoms with E-state index in [0.29, 0.717) is 25.9 Å². The summed E-state index contributed by atoms with van der Waals surface area (Å²) in [5, 5.41) is 6.71. The molecule has 2 saturated heterocycles. The summed E-state index contributed by atoms with van der Waals surface area (Å²) in [5.74, 6) is 1.70. The van der Waals surface area contributed by atoms with Crippen LogP contribution in [-0.4, -0.2) is 64.8 Å². The van der Waals surface area contributed by atoms with Crippen LogP contribution in [0.2, 0.25) is 0 Å². The molecule has 0 radical (unpaired) electrons. The number of ether oxygens (including phenoxy) is 4. The SMILES string of the molecule is CN=C(NCCCOCC1CCCO1)NCc1ccc(C)cc1OC1CCOC1. The minimum atomic E-state index is 0.141. The quantitative estimate of drug-likeness (QED) is 0.354. The normalized spacial score (nSPS) is 22.1. The molecule has 7 heteroatoms. The van der Waals surface area contributed by atoms with E-state index in [4.69, 9.17) is 18.9 Å². The maximum atomic E-state index is 6.17. The Labute approximate surface area is 174 Å². The fourth-order valence-corrected chi connectivity index (χ4v) is 3.47. The van der Waals surface area contributed by atoms with Crippen molar-refractivity contribution in [3.8, 4) is 5.75 Å². The highest BCUT2D eigenvalue weighted by atomic mass is 16.5. The highest BCUT2D eigenvalue weighted by molar-refractivity contribution is 5.79. The molecule has 1 aromatic carbocycles. The van der Waals surface area contributed by atoms with E-state index in [0.717, 1.165) is 69.3 Å². The molecule has 0 aliphatic carbocycles. The largest absolute Gasteiger partial charge is 0.488 e. The topological polar surface area (TPSA) is 73.3 Å². The number of hydrogen-bond acceptors (Lipinski definition) is 5. The number of guanidine groups is 1. The Kier molecular flexibility index (Phi) is 9.05. The van der Waals surface area contributed by atoms with Crippen molar-refractivity contribution in [1.29, 1.82) is 0 Å². The zero-order valence-corrected chi connectivity index (χ0v) is 17.7. The van der Waals surface area contributed by atoms with Gasteiger partial charge in [-0.2, -0.15) is 0 Å². The molecule has 29 heavy (non-hydrogen) atoms. The first-order valence-electron chi connectivity index (χ1n) is 10.7. The number of aryl methyl sites for hydroxylation is 1. The molecule has 2 heterocycles. The molecule has 2 aliphatic rings. The first-order valence-corrected chi connectivity index (χ1v) is 10.7.